The third kappa shape index (κ3) is 4.07. The molecule has 0 saturated carbocycles. The number of carbonyl (C=O) groups is 1. The summed E-state index contributed by atoms with van der Waals surface area (Å²) in [5, 5.41) is 3.03. The number of pyridine rings is 1. The normalized spacial score (nSPS) is 17.6. The maximum atomic E-state index is 12.5. The zero-order chi connectivity index (χ0) is 16.9. The summed E-state index contributed by atoms with van der Waals surface area (Å²) in [7, 11) is 0. The lowest BCUT2D eigenvalue weighted by atomic mass is 9.97. The van der Waals surface area contributed by atoms with Crippen molar-refractivity contribution in [2.45, 2.75) is 33.2 Å². The number of aromatic nitrogens is 3. The number of nitrogens with one attached hydrogen (secondary N) is 1. The van der Waals surface area contributed by atoms with E-state index < -0.39 is 0 Å². The molecule has 24 heavy (non-hydrogen) atoms. The maximum Gasteiger partial charge on any atom is 0.225 e. The number of nitrogens with zero attached hydrogens (tertiary/aromatic N) is 4. The molecule has 1 atom stereocenters. The van der Waals surface area contributed by atoms with Crippen LogP contribution in [0.1, 0.15) is 29.8 Å². The zero-order valence-corrected chi connectivity index (χ0v) is 14.2. The van der Waals surface area contributed by atoms with E-state index in [4.69, 9.17) is 0 Å². The van der Waals surface area contributed by atoms with E-state index in [0.29, 0.717) is 13.1 Å². The largest absolute Gasteiger partial charge is 0.352 e. The number of amides is 1. The minimum atomic E-state index is -0.0231. The van der Waals surface area contributed by atoms with Crippen LogP contribution in [0.3, 0.4) is 0 Å². The molecule has 126 valence electrons. The lowest BCUT2D eigenvalue weighted by Crippen LogP contribution is -2.43. The third-order valence-corrected chi connectivity index (χ3v) is 4.26. The average Bonchev–Trinajstić information content (AvgIpc) is 2.60. The number of piperidine rings is 1. The number of aryl methyl sites for hydroxylation is 2. The highest BCUT2D eigenvalue weighted by molar-refractivity contribution is 5.79. The highest BCUT2D eigenvalue weighted by Crippen LogP contribution is 2.21. The summed E-state index contributed by atoms with van der Waals surface area (Å²) in [5.74, 6) is 0.810. The molecule has 6 heteroatoms. The van der Waals surface area contributed by atoms with E-state index in [1.807, 2.05) is 32.0 Å². The first-order chi connectivity index (χ1) is 11.6. The highest BCUT2D eigenvalue weighted by Gasteiger charge is 2.27. The molecule has 1 aliphatic heterocycles. The van der Waals surface area contributed by atoms with Crippen molar-refractivity contribution in [1.29, 1.82) is 0 Å². The lowest BCUT2D eigenvalue weighted by molar-refractivity contribution is -0.125. The van der Waals surface area contributed by atoms with Gasteiger partial charge in [0, 0.05) is 43.4 Å². The monoisotopic (exact) mass is 325 g/mol. The van der Waals surface area contributed by atoms with E-state index in [2.05, 4.69) is 25.2 Å². The van der Waals surface area contributed by atoms with Crippen molar-refractivity contribution in [1.82, 2.24) is 20.3 Å². The van der Waals surface area contributed by atoms with Gasteiger partial charge in [0.15, 0.2) is 0 Å². The quantitative estimate of drug-likeness (QED) is 0.931. The molecule has 2 aromatic rings. The maximum absolute atomic E-state index is 12.5. The van der Waals surface area contributed by atoms with Crippen LogP contribution >= 0.6 is 0 Å². The minimum absolute atomic E-state index is 0.0231. The standard InChI is InChI=1S/C18H23N5O/c1-13-10-14(2)22-18(21-13)23-9-3-4-16(12-23)17(24)20-11-15-5-7-19-8-6-15/h5-8,10,16H,3-4,9,11-12H2,1-2H3,(H,20,24). The zero-order valence-electron chi connectivity index (χ0n) is 14.2. The van der Waals surface area contributed by atoms with Gasteiger partial charge in [-0.25, -0.2) is 9.97 Å². The first-order valence-electron chi connectivity index (χ1n) is 8.35. The molecule has 1 saturated heterocycles. The number of anilines is 1. The van der Waals surface area contributed by atoms with Crippen molar-refractivity contribution in [2.75, 3.05) is 18.0 Å². The third-order valence-electron chi connectivity index (χ3n) is 4.26. The molecule has 0 aromatic carbocycles. The lowest BCUT2D eigenvalue weighted by Gasteiger charge is -2.32. The van der Waals surface area contributed by atoms with E-state index >= 15 is 0 Å². The number of carbonyl (C=O) groups excluding carboxylic acids is 1. The van der Waals surface area contributed by atoms with E-state index in [0.717, 1.165) is 42.3 Å². The molecule has 1 fully saturated rings. The van der Waals surface area contributed by atoms with Crippen LogP contribution in [0.5, 0.6) is 0 Å². The van der Waals surface area contributed by atoms with Crippen molar-refractivity contribution in [3.05, 3.63) is 47.5 Å². The summed E-state index contributed by atoms with van der Waals surface area (Å²) < 4.78 is 0. The number of hydrogen-bond donors (Lipinski definition) is 1. The molecule has 1 unspecified atom stereocenters. The number of hydrogen-bond acceptors (Lipinski definition) is 5. The molecule has 1 amide bonds. The second-order valence-corrected chi connectivity index (χ2v) is 6.31. The second kappa shape index (κ2) is 7.38. The summed E-state index contributed by atoms with van der Waals surface area (Å²) in [6, 6.07) is 5.79. The molecule has 6 nitrogen and oxygen atoms in total. The van der Waals surface area contributed by atoms with E-state index in [1.165, 1.54) is 0 Å². The summed E-state index contributed by atoms with van der Waals surface area (Å²) in [6.45, 7) is 6.06. The van der Waals surface area contributed by atoms with Gasteiger partial charge in [-0.2, -0.15) is 0 Å². The van der Waals surface area contributed by atoms with Crippen molar-refractivity contribution >= 4 is 11.9 Å². The van der Waals surface area contributed by atoms with Crippen LogP contribution in [0.15, 0.2) is 30.6 Å². The second-order valence-electron chi connectivity index (χ2n) is 6.31. The molecule has 3 heterocycles. The Hall–Kier alpha value is -2.50. The van der Waals surface area contributed by atoms with Crippen LogP contribution < -0.4 is 10.2 Å². The Balaban J connectivity index is 1.61. The van der Waals surface area contributed by atoms with Gasteiger partial charge in [0.25, 0.3) is 0 Å². The Kier molecular flexibility index (Phi) is 5.03. The fourth-order valence-corrected chi connectivity index (χ4v) is 3.06. The molecular weight excluding hydrogens is 302 g/mol. The van der Waals surface area contributed by atoms with Gasteiger partial charge in [0.05, 0.1) is 5.92 Å². The topological polar surface area (TPSA) is 71.0 Å². The summed E-state index contributed by atoms with van der Waals surface area (Å²) >= 11 is 0. The van der Waals surface area contributed by atoms with Crippen molar-refractivity contribution in [3.63, 3.8) is 0 Å². The predicted molar refractivity (Wildman–Crippen MR) is 92.5 cm³/mol. The van der Waals surface area contributed by atoms with Crippen LogP contribution in [0.25, 0.3) is 0 Å². The number of rotatable bonds is 4. The van der Waals surface area contributed by atoms with Gasteiger partial charge in [-0.3, -0.25) is 9.78 Å². The molecule has 0 aliphatic carbocycles. The smallest absolute Gasteiger partial charge is 0.225 e. The first kappa shape index (κ1) is 16.4. The van der Waals surface area contributed by atoms with Crippen LogP contribution in [-0.4, -0.2) is 33.9 Å². The van der Waals surface area contributed by atoms with E-state index in [-0.39, 0.29) is 11.8 Å². The van der Waals surface area contributed by atoms with Gasteiger partial charge in [0.2, 0.25) is 11.9 Å². The minimum Gasteiger partial charge on any atom is -0.352 e. The van der Waals surface area contributed by atoms with Gasteiger partial charge < -0.3 is 10.2 Å². The molecule has 0 radical (unpaired) electrons. The van der Waals surface area contributed by atoms with Gasteiger partial charge in [-0.1, -0.05) is 0 Å². The van der Waals surface area contributed by atoms with Gasteiger partial charge in [0.1, 0.15) is 0 Å². The van der Waals surface area contributed by atoms with Crippen LogP contribution in [0.4, 0.5) is 5.95 Å². The van der Waals surface area contributed by atoms with Crippen molar-refractivity contribution < 1.29 is 4.79 Å². The van der Waals surface area contributed by atoms with Crippen LogP contribution in [0, 0.1) is 19.8 Å². The molecular formula is C18H23N5O. The fraction of sp³-hybridized carbons (Fsp3) is 0.444. The van der Waals surface area contributed by atoms with Crippen LogP contribution in [0.2, 0.25) is 0 Å². The molecule has 0 spiro atoms. The average molecular weight is 325 g/mol. The highest BCUT2D eigenvalue weighted by atomic mass is 16.1. The summed E-state index contributed by atoms with van der Waals surface area (Å²) in [4.78, 5) is 27.6. The molecule has 2 aromatic heterocycles. The van der Waals surface area contributed by atoms with Crippen molar-refractivity contribution in [2.24, 2.45) is 5.92 Å². The molecule has 3 rings (SSSR count). The Morgan fingerprint density at radius 3 is 2.67 bits per heavy atom. The fourth-order valence-electron chi connectivity index (χ4n) is 3.06. The van der Waals surface area contributed by atoms with Crippen molar-refractivity contribution in [3.8, 4) is 0 Å². The van der Waals surface area contributed by atoms with Gasteiger partial charge in [-0.15, -0.1) is 0 Å². The van der Waals surface area contributed by atoms with E-state index in [9.17, 15) is 4.79 Å². The van der Waals surface area contributed by atoms with Gasteiger partial charge >= 0.3 is 0 Å². The Morgan fingerprint density at radius 1 is 1.25 bits per heavy atom. The molecule has 0 bridgehead atoms. The molecule has 1 N–H and O–H groups in total. The molecule has 1 aliphatic rings. The first-order valence-corrected chi connectivity index (χ1v) is 8.35. The Morgan fingerprint density at radius 2 is 1.96 bits per heavy atom. The SMILES string of the molecule is Cc1cc(C)nc(N2CCCC(C(=O)NCc3ccncc3)C2)n1. The predicted octanol–water partition coefficient (Wildman–Crippen LogP) is 2.02. The Labute approximate surface area is 142 Å². The Bertz CT molecular complexity index is 684. The summed E-state index contributed by atoms with van der Waals surface area (Å²) in [6.07, 6.45) is 5.36. The van der Waals surface area contributed by atoms with Crippen LogP contribution in [-0.2, 0) is 11.3 Å². The van der Waals surface area contributed by atoms with Gasteiger partial charge in [-0.05, 0) is 50.5 Å². The van der Waals surface area contributed by atoms with E-state index in [1.54, 1.807) is 12.4 Å². The summed E-state index contributed by atoms with van der Waals surface area (Å²) in [5.41, 5.74) is 2.98.